The van der Waals surface area contributed by atoms with E-state index in [4.69, 9.17) is 5.11 Å². The maximum atomic E-state index is 11.2. The average Bonchev–Trinajstić information content (AvgIpc) is 2.77. The van der Waals surface area contributed by atoms with E-state index in [0.29, 0.717) is 0 Å². The highest BCUT2D eigenvalue weighted by atomic mass is 16.4. The van der Waals surface area contributed by atoms with Crippen LogP contribution < -0.4 is 4.90 Å². The SMILES string of the molecule is Cc1c(C(O)C=Cc2ccc(C(=O)O)cc2)cc(-c2ccccc2)c(C(C)(C)C)c1N(C)C. The van der Waals surface area contributed by atoms with Crippen molar-refractivity contribution in [1.29, 1.82) is 0 Å². The Labute approximate surface area is 196 Å². The van der Waals surface area contributed by atoms with Crippen molar-refractivity contribution in [3.05, 3.63) is 94.6 Å². The first kappa shape index (κ1) is 24.3. The van der Waals surface area contributed by atoms with Gasteiger partial charge in [0.05, 0.1) is 11.7 Å². The summed E-state index contributed by atoms with van der Waals surface area (Å²) in [4.78, 5) is 13.2. The Morgan fingerprint density at radius 2 is 1.61 bits per heavy atom. The third-order valence-corrected chi connectivity index (χ3v) is 5.82. The molecule has 0 aliphatic carbocycles. The smallest absolute Gasteiger partial charge is 0.335 e. The lowest BCUT2D eigenvalue weighted by atomic mass is 9.77. The lowest BCUT2D eigenvalue weighted by molar-refractivity contribution is 0.0697. The van der Waals surface area contributed by atoms with Crippen molar-refractivity contribution in [3.8, 4) is 11.1 Å². The van der Waals surface area contributed by atoms with Gasteiger partial charge in [-0.1, -0.05) is 75.4 Å². The van der Waals surface area contributed by atoms with E-state index in [-0.39, 0.29) is 11.0 Å². The zero-order chi connectivity index (χ0) is 24.3. The molecule has 0 aliphatic heterocycles. The van der Waals surface area contributed by atoms with E-state index in [1.54, 1.807) is 30.3 Å². The molecule has 4 heteroatoms. The second kappa shape index (κ2) is 9.63. The number of aliphatic hydroxyl groups is 1. The second-order valence-corrected chi connectivity index (χ2v) is 9.60. The number of aliphatic hydroxyl groups excluding tert-OH is 1. The van der Waals surface area contributed by atoms with Crippen LogP contribution in [-0.4, -0.2) is 30.3 Å². The first-order valence-electron chi connectivity index (χ1n) is 11.1. The minimum absolute atomic E-state index is 0.0965. The van der Waals surface area contributed by atoms with Gasteiger partial charge < -0.3 is 15.1 Å². The van der Waals surface area contributed by atoms with Crippen LogP contribution in [0.15, 0.2) is 66.7 Å². The third kappa shape index (κ3) is 5.35. The number of nitrogens with zero attached hydrogens (tertiary/aromatic N) is 1. The van der Waals surface area contributed by atoms with Gasteiger partial charge >= 0.3 is 5.97 Å². The summed E-state index contributed by atoms with van der Waals surface area (Å²) in [5.74, 6) is -0.954. The number of carbonyl (C=O) groups is 1. The number of hydrogen-bond acceptors (Lipinski definition) is 3. The van der Waals surface area contributed by atoms with Crippen LogP contribution in [0.25, 0.3) is 17.2 Å². The van der Waals surface area contributed by atoms with Gasteiger partial charge in [-0.3, -0.25) is 0 Å². The van der Waals surface area contributed by atoms with E-state index in [2.05, 4.69) is 50.8 Å². The topological polar surface area (TPSA) is 60.8 Å². The molecule has 3 rings (SSSR count). The van der Waals surface area contributed by atoms with Gasteiger partial charge in [-0.05, 0) is 63.9 Å². The van der Waals surface area contributed by atoms with Crippen LogP contribution in [0.5, 0.6) is 0 Å². The van der Waals surface area contributed by atoms with E-state index in [1.165, 1.54) is 5.56 Å². The lowest BCUT2D eigenvalue weighted by Crippen LogP contribution is -2.22. The van der Waals surface area contributed by atoms with Crippen LogP contribution >= 0.6 is 0 Å². The lowest BCUT2D eigenvalue weighted by Gasteiger charge is -2.33. The standard InChI is InChI=1S/C29H33NO3/c1-19-23(25(31)17-14-20-12-15-22(16-13-20)28(32)33)18-24(21-10-8-7-9-11-21)26(29(2,3)4)27(19)30(5)6/h7-18,25,31H,1-6H3,(H,32,33). The normalized spacial score (nSPS) is 12.7. The summed E-state index contributed by atoms with van der Waals surface area (Å²) in [6.45, 7) is 8.72. The minimum Gasteiger partial charge on any atom is -0.478 e. The van der Waals surface area contributed by atoms with Crippen molar-refractivity contribution in [2.45, 2.75) is 39.2 Å². The highest BCUT2D eigenvalue weighted by Gasteiger charge is 2.28. The predicted octanol–water partition coefficient (Wildman–Crippen LogP) is 6.47. The number of hydrogen-bond donors (Lipinski definition) is 2. The molecule has 0 saturated carbocycles. The Kier molecular flexibility index (Phi) is 7.09. The number of carboxylic acid groups (broad SMARTS) is 1. The molecule has 0 aromatic heterocycles. The van der Waals surface area contributed by atoms with Gasteiger partial charge in [0.25, 0.3) is 0 Å². The number of carboxylic acids is 1. The van der Waals surface area contributed by atoms with E-state index in [1.807, 2.05) is 38.4 Å². The zero-order valence-corrected chi connectivity index (χ0v) is 20.3. The van der Waals surface area contributed by atoms with Crippen molar-refractivity contribution < 1.29 is 15.0 Å². The third-order valence-electron chi connectivity index (χ3n) is 5.82. The van der Waals surface area contributed by atoms with Crippen molar-refractivity contribution in [2.75, 3.05) is 19.0 Å². The van der Waals surface area contributed by atoms with Crippen LogP contribution in [0.1, 0.15) is 59.5 Å². The van der Waals surface area contributed by atoms with Gasteiger partial charge in [0.1, 0.15) is 0 Å². The molecule has 0 radical (unpaired) electrons. The molecule has 0 bridgehead atoms. The first-order chi connectivity index (χ1) is 15.5. The quantitative estimate of drug-likeness (QED) is 0.458. The summed E-state index contributed by atoms with van der Waals surface area (Å²) in [6, 6.07) is 19.0. The van der Waals surface area contributed by atoms with Crippen LogP contribution in [0.3, 0.4) is 0 Å². The highest BCUT2D eigenvalue weighted by molar-refractivity contribution is 5.87. The summed E-state index contributed by atoms with van der Waals surface area (Å²) in [6.07, 6.45) is 2.77. The van der Waals surface area contributed by atoms with Gasteiger partial charge in [-0.25, -0.2) is 4.79 Å². The van der Waals surface area contributed by atoms with Gasteiger partial charge in [0.2, 0.25) is 0 Å². The molecular weight excluding hydrogens is 410 g/mol. The van der Waals surface area contributed by atoms with Crippen LogP contribution in [0.2, 0.25) is 0 Å². The summed E-state index contributed by atoms with van der Waals surface area (Å²) >= 11 is 0. The first-order valence-corrected chi connectivity index (χ1v) is 11.1. The maximum absolute atomic E-state index is 11.2. The molecule has 0 saturated heterocycles. The Hall–Kier alpha value is -3.37. The minimum atomic E-state index is -0.954. The van der Waals surface area contributed by atoms with E-state index in [0.717, 1.165) is 33.5 Å². The molecule has 3 aromatic rings. The molecular formula is C29H33NO3. The largest absolute Gasteiger partial charge is 0.478 e. The monoisotopic (exact) mass is 443 g/mol. The van der Waals surface area contributed by atoms with Crippen LogP contribution in [0.4, 0.5) is 5.69 Å². The molecule has 1 atom stereocenters. The summed E-state index contributed by atoms with van der Waals surface area (Å²) in [5, 5.41) is 20.3. The summed E-state index contributed by atoms with van der Waals surface area (Å²) in [7, 11) is 4.09. The Morgan fingerprint density at radius 3 is 2.12 bits per heavy atom. The number of benzene rings is 3. The molecule has 4 nitrogen and oxygen atoms in total. The second-order valence-electron chi connectivity index (χ2n) is 9.60. The number of aromatic carboxylic acids is 1. The fourth-order valence-corrected chi connectivity index (χ4v) is 4.30. The maximum Gasteiger partial charge on any atom is 0.335 e. The van der Waals surface area contributed by atoms with E-state index >= 15 is 0 Å². The van der Waals surface area contributed by atoms with E-state index < -0.39 is 12.1 Å². The summed E-state index contributed by atoms with van der Waals surface area (Å²) in [5.41, 5.74) is 7.48. The predicted molar refractivity (Wildman–Crippen MR) is 137 cm³/mol. The van der Waals surface area contributed by atoms with Crippen molar-refractivity contribution in [3.63, 3.8) is 0 Å². The highest BCUT2D eigenvalue weighted by Crippen LogP contribution is 2.44. The molecule has 0 fully saturated rings. The molecule has 3 aromatic carbocycles. The van der Waals surface area contributed by atoms with E-state index in [9.17, 15) is 9.90 Å². The van der Waals surface area contributed by atoms with Crippen LogP contribution in [0, 0.1) is 6.92 Å². The molecule has 0 amide bonds. The summed E-state index contributed by atoms with van der Waals surface area (Å²) < 4.78 is 0. The van der Waals surface area contributed by atoms with Crippen LogP contribution in [-0.2, 0) is 5.41 Å². The number of anilines is 1. The van der Waals surface area contributed by atoms with Gasteiger partial charge in [-0.15, -0.1) is 0 Å². The van der Waals surface area contributed by atoms with Gasteiger partial charge in [0.15, 0.2) is 0 Å². The molecule has 0 spiro atoms. The molecule has 33 heavy (non-hydrogen) atoms. The average molecular weight is 444 g/mol. The fourth-order valence-electron chi connectivity index (χ4n) is 4.30. The molecule has 172 valence electrons. The zero-order valence-electron chi connectivity index (χ0n) is 20.3. The number of rotatable bonds is 6. The molecule has 2 N–H and O–H groups in total. The van der Waals surface area contributed by atoms with Gasteiger partial charge in [-0.2, -0.15) is 0 Å². The van der Waals surface area contributed by atoms with Crippen molar-refractivity contribution in [1.82, 2.24) is 0 Å². The van der Waals surface area contributed by atoms with Crippen molar-refractivity contribution >= 4 is 17.7 Å². The fraction of sp³-hybridized carbons (Fsp3) is 0.276. The van der Waals surface area contributed by atoms with Gasteiger partial charge in [0, 0.05) is 19.8 Å². The van der Waals surface area contributed by atoms with Crippen molar-refractivity contribution in [2.24, 2.45) is 0 Å². The molecule has 1 unspecified atom stereocenters. The Bertz CT molecular complexity index is 1150. The molecule has 0 aliphatic rings. The Morgan fingerprint density at radius 1 is 1.00 bits per heavy atom. The molecule has 0 heterocycles. The Balaban J connectivity index is 2.13.